The van der Waals surface area contributed by atoms with Gasteiger partial charge in [0.1, 0.15) is 4.83 Å². The van der Waals surface area contributed by atoms with Gasteiger partial charge in [0, 0.05) is 16.7 Å². The first kappa shape index (κ1) is 13.9. The molecule has 106 valence electrons. The van der Waals surface area contributed by atoms with E-state index in [9.17, 15) is 4.79 Å². The minimum atomic E-state index is -0.216. The second-order valence-electron chi connectivity index (χ2n) is 4.36. The number of hydrogen-bond donors (Lipinski definition) is 1. The van der Waals surface area contributed by atoms with Gasteiger partial charge in [0.15, 0.2) is 5.16 Å². The fourth-order valence-corrected chi connectivity index (χ4v) is 3.69. The number of rotatable bonds is 4. The Balaban J connectivity index is 2.21. The van der Waals surface area contributed by atoms with Gasteiger partial charge in [-0.1, -0.05) is 48.2 Å². The molecule has 0 bridgehead atoms. The van der Waals surface area contributed by atoms with Crippen LogP contribution in [0, 0.1) is 0 Å². The van der Waals surface area contributed by atoms with Crippen LogP contribution < -0.4 is 11.4 Å². The average molecular weight is 315 g/mol. The molecule has 2 N–H and O–H groups in total. The molecule has 0 fully saturated rings. The zero-order valence-corrected chi connectivity index (χ0v) is 12.8. The SMILES string of the molecule is C=CCSc1nc2scc(-c3ccccc3)c2c(=O)n1N. The summed E-state index contributed by atoms with van der Waals surface area (Å²) in [5, 5.41) is 3.04. The molecule has 21 heavy (non-hydrogen) atoms. The Bertz CT molecular complexity index is 852. The fourth-order valence-electron chi connectivity index (χ4n) is 2.05. The summed E-state index contributed by atoms with van der Waals surface area (Å²) in [5.41, 5.74) is 1.66. The molecule has 0 saturated carbocycles. The van der Waals surface area contributed by atoms with Gasteiger partial charge in [-0.05, 0) is 5.56 Å². The predicted octanol–water partition coefficient (Wildman–Crippen LogP) is 3.12. The number of thiophene rings is 1. The van der Waals surface area contributed by atoms with E-state index in [0.717, 1.165) is 15.8 Å². The van der Waals surface area contributed by atoms with Gasteiger partial charge >= 0.3 is 0 Å². The summed E-state index contributed by atoms with van der Waals surface area (Å²) in [7, 11) is 0. The van der Waals surface area contributed by atoms with Crippen molar-refractivity contribution in [1.29, 1.82) is 0 Å². The molecule has 0 amide bonds. The highest BCUT2D eigenvalue weighted by molar-refractivity contribution is 7.99. The van der Waals surface area contributed by atoms with E-state index in [1.165, 1.54) is 23.1 Å². The third kappa shape index (κ3) is 2.48. The van der Waals surface area contributed by atoms with Crippen LogP contribution in [0.2, 0.25) is 0 Å². The summed E-state index contributed by atoms with van der Waals surface area (Å²) < 4.78 is 1.12. The van der Waals surface area contributed by atoms with Crippen LogP contribution >= 0.6 is 23.1 Å². The quantitative estimate of drug-likeness (QED) is 0.348. The predicted molar refractivity (Wildman–Crippen MR) is 90.4 cm³/mol. The Labute approximate surface area is 129 Å². The lowest BCUT2D eigenvalue weighted by molar-refractivity contribution is 0.783. The van der Waals surface area contributed by atoms with Crippen molar-refractivity contribution in [2.45, 2.75) is 5.16 Å². The van der Waals surface area contributed by atoms with Crippen LogP contribution in [0.4, 0.5) is 0 Å². The third-order valence-corrected chi connectivity index (χ3v) is 4.84. The standard InChI is InChI=1S/C15H13N3OS2/c1-2-8-20-15-17-13-12(14(19)18(15)16)11(9-21-13)10-6-4-3-5-7-10/h2-7,9H,1,8,16H2. The summed E-state index contributed by atoms with van der Waals surface area (Å²) >= 11 is 2.86. The van der Waals surface area contributed by atoms with Gasteiger partial charge in [-0.2, -0.15) is 0 Å². The van der Waals surface area contributed by atoms with Crippen molar-refractivity contribution in [1.82, 2.24) is 9.66 Å². The molecule has 0 aliphatic rings. The molecule has 4 nitrogen and oxygen atoms in total. The third-order valence-electron chi connectivity index (χ3n) is 3.02. The van der Waals surface area contributed by atoms with E-state index >= 15 is 0 Å². The topological polar surface area (TPSA) is 60.9 Å². The number of thioether (sulfide) groups is 1. The van der Waals surface area contributed by atoms with E-state index in [2.05, 4.69) is 11.6 Å². The number of fused-ring (bicyclic) bond motifs is 1. The van der Waals surface area contributed by atoms with Crippen molar-refractivity contribution in [3.05, 3.63) is 58.7 Å². The Hall–Kier alpha value is -2.05. The van der Waals surface area contributed by atoms with E-state index in [-0.39, 0.29) is 5.56 Å². The zero-order valence-electron chi connectivity index (χ0n) is 11.2. The summed E-state index contributed by atoms with van der Waals surface area (Å²) in [6.45, 7) is 3.66. The van der Waals surface area contributed by atoms with Gasteiger partial charge in [-0.25, -0.2) is 9.66 Å². The molecule has 1 aromatic carbocycles. The van der Waals surface area contributed by atoms with Crippen molar-refractivity contribution in [2.75, 3.05) is 11.6 Å². The van der Waals surface area contributed by atoms with Crippen molar-refractivity contribution in [3.8, 4) is 11.1 Å². The number of nitrogens with zero attached hydrogens (tertiary/aromatic N) is 2. The van der Waals surface area contributed by atoms with E-state index in [1.807, 2.05) is 35.7 Å². The lowest BCUT2D eigenvalue weighted by Crippen LogP contribution is -2.29. The molecule has 0 spiro atoms. The molecule has 3 rings (SSSR count). The fraction of sp³-hybridized carbons (Fsp3) is 0.0667. The monoisotopic (exact) mass is 315 g/mol. The lowest BCUT2D eigenvalue weighted by Gasteiger charge is -2.06. The van der Waals surface area contributed by atoms with Crippen LogP contribution in [0.5, 0.6) is 0 Å². The Morgan fingerprint density at radius 2 is 2.14 bits per heavy atom. The van der Waals surface area contributed by atoms with Gasteiger partial charge in [0.25, 0.3) is 5.56 Å². The minimum Gasteiger partial charge on any atom is -0.334 e. The molecule has 3 aromatic rings. The van der Waals surface area contributed by atoms with Crippen LogP contribution in [0.1, 0.15) is 0 Å². The zero-order chi connectivity index (χ0) is 14.8. The molecule has 0 atom stereocenters. The highest BCUT2D eigenvalue weighted by Crippen LogP contribution is 2.31. The van der Waals surface area contributed by atoms with Crippen molar-refractivity contribution in [2.24, 2.45) is 0 Å². The van der Waals surface area contributed by atoms with Crippen LogP contribution in [0.15, 0.2) is 58.3 Å². The first-order valence-electron chi connectivity index (χ1n) is 6.31. The molecule has 6 heteroatoms. The summed E-state index contributed by atoms with van der Waals surface area (Å²) in [6.07, 6.45) is 1.75. The lowest BCUT2D eigenvalue weighted by atomic mass is 10.1. The largest absolute Gasteiger partial charge is 0.334 e. The summed E-state index contributed by atoms with van der Waals surface area (Å²) in [4.78, 5) is 17.7. The Morgan fingerprint density at radius 1 is 1.38 bits per heavy atom. The highest BCUT2D eigenvalue weighted by Gasteiger charge is 2.15. The molecule has 2 heterocycles. The normalized spacial score (nSPS) is 10.9. The van der Waals surface area contributed by atoms with Gasteiger partial charge in [-0.3, -0.25) is 4.79 Å². The highest BCUT2D eigenvalue weighted by atomic mass is 32.2. The first-order valence-corrected chi connectivity index (χ1v) is 8.17. The molecule has 0 unspecified atom stereocenters. The molecule has 0 aliphatic carbocycles. The number of benzene rings is 1. The van der Waals surface area contributed by atoms with Crippen LogP contribution in [-0.4, -0.2) is 15.4 Å². The molecule has 2 aromatic heterocycles. The smallest absolute Gasteiger partial charge is 0.282 e. The average Bonchev–Trinajstić information content (AvgIpc) is 2.94. The minimum absolute atomic E-state index is 0.216. The van der Waals surface area contributed by atoms with Crippen molar-refractivity contribution in [3.63, 3.8) is 0 Å². The number of aromatic nitrogens is 2. The first-order chi connectivity index (χ1) is 10.2. The number of nitrogens with two attached hydrogens (primary N) is 1. The van der Waals surface area contributed by atoms with Crippen molar-refractivity contribution >= 4 is 33.3 Å². The Kier molecular flexibility index (Phi) is 3.81. The maximum Gasteiger partial charge on any atom is 0.282 e. The second-order valence-corrected chi connectivity index (χ2v) is 6.21. The maximum absolute atomic E-state index is 12.5. The van der Waals surface area contributed by atoms with Crippen molar-refractivity contribution < 1.29 is 0 Å². The molecule has 0 aliphatic heterocycles. The van der Waals surface area contributed by atoms with E-state index < -0.39 is 0 Å². The van der Waals surface area contributed by atoms with Crippen LogP contribution in [0.3, 0.4) is 0 Å². The molecule has 0 saturated heterocycles. The molecule has 0 radical (unpaired) electrons. The summed E-state index contributed by atoms with van der Waals surface area (Å²) in [5.74, 6) is 6.55. The van der Waals surface area contributed by atoms with Gasteiger partial charge in [-0.15, -0.1) is 17.9 Å². The number of nitrogen functional groups attached to an aromatic ring is 1. The Morgan fingerprint density at radius 3 is 2.86 bits per heavy atom. The maximum atomic E-state index is 12.5. The van der Waals surface area contributed by atoms with E-state index in [0.29, 0.717) is 21.1 Å². The second kappa shape index (κ2) is 5.75. The molecular formula is C15H13N3OS2. The summed E-state index contributed by atoms with van der Waals surface area (Å²) in [6, 6.07) is 9.79. The van der Waals surface area contributed by atoms with Gasteiger partial charge < -0.3 is 5.84 Å². The van der Waals surface area contributed by atoms with Crippen LogP contribution in [0.25, 0.3) is 21.3 Å². The van der Waals surface area contributed by atoms with Gasteiger partial charge in [0.05, 0.1) is 5.39 Å². The number of hydrogen-bond acceptors (Lipinski definition) is 5. The van der Waals surface area contributed by atoms with Gasteiger partial charge in [0.2, 0.25) is 0 Å². The van der Waals surface area contributed by atoms with E-state index in [4.69, 9.17) is 5.84 Å². The van der Waals surface area contributed by atoms with E-state index in [1.54, 1.807) is 6.08 Å². The molecular weight excluding hydrogens is 302 g/mol. The van der Waals surface area contributed by atoms with Crippen LogP contribution in [-0.2, 0) is 0 Å².